The Morgan fingerprint density at radius 2 is 1.68 bits per heavy atom. The Labute approximate surface area is 115 Å². The number of halogens is 3. The average molecular weight is 283 g/mol. The smallest absolute Gasteiger partial charge is 0.372 e. The molecular weight excluding hydrogens is 255 g/mol. The van der Waals surface area contributed by atoms with E-state index < -0.39 is 12.8 Å². The zero-order valence-corrected chi connectivity index (χ0v) is 12.6. The number of unbranched alkanes of at least 4 members (excludes halogenated alkanes) is 2. The van der Waals surface area contributed by atoms with E-state index in [0.717, 1.165) is 25.8 Å². The summed E-state index contributed by atoms with van der Waals surface area (Å²) >= 11 is 0. The van der Waals surface area contributed by atoms with E-state index in [1.165, 1.54) is 0 Å². The number of hydrogen-bond acceptors (Lipinski definition) is 2. The van der Waals surface area contributed by atoms with Gasteiger partial charge in [-0.2, -0.15) is 13.2 Å². The summed E-state index contributed by atoms with van der Waals surface area (Å²) in [6.07, 6.45) is -0.530. The summed E-state index contributed by atoms with van der Waals surface area (Å²) in [6, 6.07) is 0.452. The molecule has 0 radical (unpaired) electrons. The summed E-state index contributed by atoms with van der Waals surface area (Å²) in [5.41, 5.74) is 0.211. The summed E-state index contributed by atoms with van der Waals surface area (Å²) in [6.45, 7) is 8.70. The predicted octanol–water partition coefficient (Wildman–Crippen LogP) is 4.15. The van der Waals surface area contributed by atoms with Crippen LogP contribution in [0.1, 0.15) is 53.4 Å². The number of hydrogen-bond donors (Lipinski definition) is 1. The van der Waals surface area contributed by atoms with Crippen molar-refractivity contribution in [1.29, 1.82) is 0 Å². The van der Waals surface area contributed by atoms with Crippen molar-refractivity contribution in [3.05, 3.63) is 0 Å². The Kier molecular flexibility index (Phi) is 8.66. The number of alkyl halides is 3. The lowest BCUT2D eigenvalue weighted by Gasteiger charge is -2.31. The fourth-order valence-electron chi connectivity index (χ4n) is 2.00. The van der Waals surface area contributed by atoms with E-state index in [2.05, 4.69) is 37.7 Å². The van der Waals surface area contributed by atoms with Crippen LogP contribution in [0, 0.1) is 5.41 Å². The first-order chi connectivity index (χ1) is 8.67. The molecule has 0 heterocycles. The van der Waals surface area contributed by atoms with Crippen molar-refractivity contribution in [2.45, 2.75) is 65.6 Å². The number of rotatable bonds is 9. The maximum Gasteiger partial charge on any atom is 0.411 e. The molecule has 1 atom stereocenters. The topological polar surface area (TPSA) is 21.3 Å². The van der Waals surface area contributed by atoms with Gasteiger partial charge in [0.2, 0.25) is 0 Å². The maximum absolute atomic E-state index is 11.8. The van der Waals surface area contributed by atoms with Crippen molar-refractivity contribution >= 4 is 0 Å². The minimum absolute atomic E-state index is 0.195. The van der Waals surface area contributed by atoms with Crippen molar-refractivity contribution < 1.29 is 17.9 Å². The molecule has 0 saturated heterocycles. The molecule has 2 nitrogen and oxygen atoms in total. The monoisotopic (exact) mass is 283 g/mol. The van der Waals surface area contributed by atoms with Crippen LogP contribution >= 0.6 is 0 Å². The molecule has 0 aliphatic carbocycles. The molecule has 0 aliphatic heterocycles. The van der Waals surface area contributed by atoms with Gasteiger partial charge in [0.25, 0.3) is 0 Å². The Morgan fingerprint density at radius 3 is 2.16 bits per heavy atom. The standard InChI is InChI=1S/C14H28F3NO/c1-5-18-12(13(2,3)4)9-7-6-8-10-19-11-14(15,16)17/h12,18H,5-11H2,1-4H3. The Morgan fingerprint density at radius 1 is 1.05 bits per heavy atom. The molecule has 5 heteroatoms. The minimum Gasteiger partial charge on any atom is -0.372 e. The summed E-state index contributed by atoms with van der Waals surface area (Å²) in [4.78, 5) is 0. The highest BCUT2D eigenvalue weighted by molar-refractivity contribution is 4.79. The quantitative estimate of drug-likeness (QED) is 0.642. The molecule has 0 fully saturated rings. The van der Waals surface area contributed by atoms with Gasteiger partial charge >= 0.3 is 6.18 Å². The van der Waals surface area contributed by atoms with Crippen LogP contribution in [0.3, 0.4) is 0 Å². The maximum atomic E-state index is 11.8. The van der Waals surface area contributed by atoms with Gasteiger partial charge in [0, 0.05) is 12.6 Å². The SMILES string of the molecule is CCNC(CCCCCOCC(F)(F)F)C(C)(C)C. The number of ether oxygens (including phenoxy) is 1. The molecule has 0 aliphatic rings. The summed E-state index contributed by atoms with van der Waals surface area (Å²) in [5.74, 6) is 0. The lowest BCUT2D eigenvalue weighted by atomic mass is 9.83. The van der Waals surface area contributed by atoms with Crippen LogP contribution in [-0.2, 0) is 4.74 Å². The first-order valence-electron chi connectivity index (χ1n) is 7.04. The second kappa shape index (κ2) is 8.80. The van der Waals surface area contributed by atoms with E-state index in [1.807, 2.05) is 0 Å². The molecule has 0 aromatic heterocycles. The summed E-state index contributed by atoms with van der Waals surface area (Å²) < 4.78 is 40.0. The van der Waals surface area contributed by atoms with Crippen LogP contribution in [0.4, 0.5) is 13.2 Å². The van der Waals surface area contributed by atoms with Gasteiger partial charge in [0.1, 0.15) is 6.61 Å². The molecule has 0 bridgehead atoms. The van der Waals surface area contributed by atoms with E-state index >= 15 is 0 Å². The molecule has 0 amide bonds. The second-order valence-electron chi connectivity index (χ2n) is 5.99. The Hall–Kier alpha value is -0.290. The van der Waals surface area contributed by atoms with Gasteiger partial charge in [-0.15, -0.1) is 0 Å². The zero-order valence-electron chi connectivity index (χ0n) is 12.6. The molecule has 0 aromatic rings. The fourth-order valence-corrected chi connectivity index (χ4v) is 2.00. The summed E-state index contributed by atoms with van der Waals surface area (Å²) in [5, 5.41) is 3.46. The van der Waals surface area contributed by atoms with Gasteiger partial charge in [-0.3, -0.25) is 0 Å². The Balaban J connectivity index is 3.61. The van der Waals surface area contributed by atoms with Crippen LogP contribution in [0.15, 0.2) is 0 Å². The van der Waals surface area contributed by atoms with Gasteiger partial charge < -0.3 is 10.1 Å². The fraction of sp³-hybridized carbons (Fsp3) is 1.00. The Bertz CT molecular complexity index is 224. The van der Waals surface area contributed by atoms with Crippen molar-refractivity contribution in [2.75, 3.05) is 19.8 Å². The van der Waals surface area contributed by atoms with Crippen LogP contribution in [0.2, 0.25) is 0 Å². The second-order valence-corrected chi connectivity index (χ2v) is 5.99. The van der Waals surface area contributed by atoms with Gasteiger partial charge in [0.15, 0.2) is 0 Å². The average Bonchev–Trinajstić information content (AvgIpc) is 2.23. The largest absolute Gasteiger partial charge is 0.411 e. The molecule has 1 N–H and O–H groups in total. The van der Waals surface area contributed by atoms with E-state index in [4.69, 9.17) is 0 Å². The van der Waals surface area contributed by atoms with Gasteiger partial charge in [-0.25, -0.2) is 0 Å². The van der Waals surface area contributed by atoms with Gasteiger partial charge in [-0.1, -0.05) is 40.5 Å². The first-order valence-corrected chi connectivity index (χ1v) is 7.04. The van der Waals surface area contributed by atoms with Crippen LogP contribution < -0.4 is 5.32 Å². The molecule has 116 valence electrons. The third kappa shape index (κ3) is 11.3. The normalized spacial score (nSPS) is 14.7. The van der Waals surface area contributed by atoms with Crippen LogP contribution in [0.5, 0.6) is 0 Å². The number of nitrogens with one attached hydrogen (secondary N) is 1. The van der Waals surface area contributed by atoms with Crippen molar-refractivity contribution in [3.63, 3.8) is 0 Å². The summed E-state index contributed by atoms with van der Waals surface area (Å²) in [7, 11) is 0. The third-order valence-corrected chi connectivity index (χ3v) is 3.04. The zero-order chi connectivity index (χ0) is 14.9. The van der Waals surface area contributed by atoms with Crippen LogP contribution in [0.25, 0.3) is 0 Å². The highest BCUT2D eigenvalue weighted by Gasteiger charge is 2.27. The van der Waals surface area contributed by atoms with Gasteiger partial charge in [0.05, 0.1) is 0 Å². The van der Waals surface area contributed by atoms with E-state index in [0.29, 0.717) is 12.5 Å². The highest BCUT2D eigenvalue weighted by Crippen LogP contribution is 2.23. The molecule has 0 rings (SSSR count). The highest BCUT2D eigenvalue weighted by atomic mass is 19.4. The molecule has 0 aromatic carbocycles. The molecule has 19 heavy (non-hydrogen) atoms. The molecule has 1 unspecified atom stereocenters. The predicted molar refractivity (Wildman–Crippen MR) is 72.3 cm³/mol. The van der Waals surface area contributed by atoms with Crippen LogP contribution in [-0.4, -0.2) is 32.0 Å². The lowest BCUT2D eigenvalue weighted by molar-refractivity contribution is -0.174. The molecule has 0 saturated carbocycles. The minimum atomic E-state index is -4.21. The van der Waals surface area contributed by atoms with Gasteiger partial charge in [-0.05, 0) is 24.8 Å². The molecular formula is C14H28F3NO. The van der Waals surface area contributed by atoms with Crippen molar-refractivity contribution in [1.82, 2.24) is 5.32 Å². The lowest BCUT2D eigenvalue weighted by Crippen LogP contribution is -2.40. The van der Waals surface area contributed by atoms with Crippen molar-refractivity contribution in [3.8, 4) is 0 Å². The first kappa shape index (κ1) is 18.7. The van der Waals surface area contributed by atoms with E-state index in [-0.39, 0.29) is 12.0 Å². The third-order valence-electron chi connectivity index (χ3n) is 3.04. The van der Waals surface area contributed by atoms with E-state index in [9.17, 15) is 13.2 Å². The molecule has 0 spiro atoms. The van der Waals surface area contributed by atoms with E-state index in [1.54, 1.807) is 0 Å². The van der Waals surface area contributed by atoms with Crippen molar-refractivity contribution in [2.24, 2.45) is 5.41 Å².